The van der Waals surface area contributed by atoms with Crippen molar-refractivity contribution in [3.63, 3.8) is 0 Å². The van der Waals surface area contributed by atoms with Crippen molar-refractivity contribution in [3.8, 4) is 5.75 Å². The highest BCUT2D eigenvalue weighted by Crippen LogP contribution is 2.40. The number of phenols is 1. The van der Waals surface area contributed by atoms with E-state index in [2.05, 4.69) is 4.72 Å². The molecule has 1 unspecified atom stereocenters. The standard InChI is InChI=1S/C26H40Cl2N4O5S/c1-25(2,3)37-24(35)32-13-11-31(12-14-32)23(34)30-9-7-17(8-10-30)22(29-38(36)26(4,5)6)18-15-19(27)20(28)16-21(18)33/h15-17,22,29,33H,7-14H2,1-6H3/t22?,38-/m0/s1. The molecule has 0 aromatic heterocycles. The Morgan fingerprint density at radius 3 is 2.00 bits per heavy atom. The Hall–Kier alpha value is -1.59. The summed E-state index contributed by atoms with van der Waals surface area (Å²) in [7, 11) is 0. The summed E-state index contributed by atoms with van der Waals surface area (Å²) in [6, 6.07) is 2.55. The number of likely N-dealkylation sites (tertiary alicyclic amines) is 1. The minimum atomic E-state index is -1.39. The zero-order valence-electron chi connectivity index (χ0n) is 23.1. The first kappa shape index (κ1) is 30.9. The maximum absolute atomic E-state index is 13.2. The average molecular weight is 592 g/mol. The molecule has 1 aromatic rings. The van der Waals surface area contributed by atoms with E-state index in [1.807, 2.05) is 46.4 Å². The molecule has 38 heavy (non-hydrogen) atoms. The monoisotopic (exact) mass is 590 g/mol. The van der Waals surface area contributed by atoms with Crippen molar-refractivity contribution < 1.29 is 24.0 Å². The number of amides is 3. The number of benzene rings is 1. The first-order chi connectivity index (χ1) is 17.6. The fraction of sp³-hybridized carbons (Fsp3) is 0.692. The third-order valence-corrected chi connectivity index (χ3v) is 8.98. The van der Waals surface area contributed by atoms with Crippen LogP contribution in [0.5, 0.6) is 5.75 Å². The normalized spacial score (nSPS) is 19.3. The van der Waals surface area contributed by atoms with Crippen LogP contribution >= 0.6 is 23.2 Å². The largest absolute Gasteiger partial charge is 0.598 e. The summed E-state index contributed by atoms with van der Waals surface area (Å²) in [6.45, 7) is 13.9. The van der Waals surface area contributed by atoms with E-state index in [0.717, 1.165) is 0 Å². The second kappa shape index (κ2) is 12.3. The number of hydrogen-bond donors (Lipinski definition) is 2. The summed E-state index contributed by atoms with van der Waals surface area (Å²) in [5.74, 6) is 0.00156. The Morgan fingerprint density at radius 2 is 1.47 bits per heavy atom. The number of ether oxygens (including phenoxy) is 1. The quantitative estimate of drug-likeness (QED) is 0.468. The summed E-state index contributed by atoms with van der Waals surface area (Å²) in [6.07, 6.45) is 0.951. The number of urea groups is 1. The molecule has 0 saturated carbocycles. The van der Waals surface area contributed by atoms with Crippen LogP contribution in [0.4, 0.5) is 9.59 Å². The molecule has 0 spiro atoms. The third-order valence-electron chi connectivity index (χ3n) is 6.68. The second-order valence-electron chi connectivity index (χ2n) is 11.9. The van der Waals surface area contributed by atoms with Crippen molar-refractivity contribution in [3.05, 3.63) is 27.7 Å². The summed E-state index contributed by atoms with van der Waals surface area (Å²) in [4.78, 5) is 30.8. The maximum Gasteiger partial charge on any atom is 0.410 e. The molecule has 0 aliphatic carbocycles. The number of hydrogen-bond acceptors (Lipinski definition) is 6. The Morgan fingerprint density at radius 1 is 0.974 bits per heavy atom. The van der Waals surface area contributed by atoms with Crippen molar-refractivity contribution in [1.29, 1.82) is 0 Å². The van der Waals surface area contributed by atoms with Gasteiger partial charge >= 0.3 is 12.1 Å². The van der Waals surface area contributed by atoms with Gasteiger partial charge in [0.1, 0.15) is 16.1 Å². The minimum Gasteiger partial charge on any atom is -0.598 e. The van der Waals surface area contributed by atoms with E-state index in [4.69, 9.17) is 27.9 Å². The number of piperazine rings is 1. The lowest BCUT2D eigenvalue weighted by molar-refractivity contribution is 0.0152. The molecule has 214 valence electrons. The predicted molar refractivity (Wildman–Crippen MR) is 151 cm³/mol. The number of carbonyl (C=O) groups is 2. The molecular formula is C26H40Cl2N4O5S. The first-order valence-corrected chi connectivity index (χ1v) is 14.8. The summed E-state index contributed by atoms with van der Waals surface area (Å²) >= 11 is 11.0. The molecule has 12 heteroatoms. The number of phenolic OH excluding ortho intramolecular Hbond substituents is 1. The fourth-order valence-electron chi connectivity index (χ4n) is 4.54. The molecule has 2 heterocycles. The Balaban J connectivity index is 1.64. The van der Waals surface area contributed by atoms with Gasteiger partial charge in [-0.3, -0.25) is 0 Å². The van der Waals surface area contributed by atoms with Crippen molar-refractivity contribution in [2.24, 2.45) is 5.92 Å². The van der Waals surface area contributed by atoms with Gasteiger partial charge in [-0.1, -0.05) is 23.2 Å². The second-order valence-corrected chi connectivity index (χ2v) is 14.7. The van der Waals surface area contributed by atoms with Gasteiger partial charge in [0.15, 0.2) is 0 Å². The molecule has 0 radical (unpaired) electrons. The van der Waals surface area contributed by atoms with Crippen LogP contribution in [-0.4, -0.2) is 86.1 Å². The molecule has 2 aliphatic heterocycles. The minimum absolute atomic E-state index is 0.0100. The molecule has 2 fully saturated rings. The molecule has 2 atom stereocenters. The van der Waals surface area contributed by atoms with Gasteiger partial charge in [0.25, 0.3) is 0 Å². The number of rotatable bonds is 4. The lowest BCUT2D eigenvalue weighted by Crippen LogP contribution is -2.56. The molecule has 9 nitrogen and oxygen atoms in total. The van der Waals surface area contributed by atoms with Crippen LogP contribution < -0.4 is 4.72 Å². The molecule has 2 saturated heterocycles. The lowest BCUT2D eigenvalue weighted by Gasteiger charge is -2.41. The van der Waals surface area contributed by atoms with Crippen molar-refractivity contribution in [1.82, 2.24) is 19.4 Å². The van der Waals surface area contributed by atoms with Gasteiger partial charge in [0.2, 0.25) is 0 Å². The van der Waals surface area contributed by atoms with Crippen molar-refractivity contribution in [2.45, 2.75) is 70.8 Å². The highest BCUT2D eigenvalue weighted by Gasteiger charge is 2.38. The van der Waals surface area contributed by atoms with Gasteiger partial charge < -0.3 is 29.1 Å². The maximum atomic E-state index is 13.2. The highest BCUT2D eigenvalue weighted by molar-refractivity contribution is 7.90. The molecule has 0 bridgehead atoms. The van der Waals surface area contributed by atoms with Gasteiger partial charge in [0, 0.05) is 62.3 Å². The first-order valence-electron chi connectivity index (χ1n) is 12.9. The SMILES string of the molecule is CC(C)(C)OC(=O)N1CCN(C(=O)N2CCC(C(N[S@@+]([O-])C(C)(C)C)c3cc(Cl)c(Cl)cc3O)CC2)CC1. The molecular weight excluding hydrogens is 551 g/mol. The fourth-order valence-corrected chi connectivity index (χ4v) is 5.77. The highest BCUT2D eigenvalue weighted by atomic mass is 35.5. The molecule has 2 aliphatic rings. The van der Waals surface area contributed by atoms with Crippen LogP contribution in [-0.2, 0) is 16.1 Å². The van der Waals surface area contributed by atoms with E-state index in [0.29, 0.717) is 62.7 Å². The number of halogens is 2. The lowest BCUT2D eigenvalue weighted by atomic mass is 9.85. The summed E-state index contributed by atoms with van der Waals surface area (Å²) in [5.41, 5.74) is -0.0191. The van der Waals surface area contributed by atoms with E-state index in [-0.39, 0.29) is 28.8 Å². The van der Waals surface area contributed by atoms with Crippen LogP contribution in [0.25, 0.3) is 0 Å². The van der Waals surface area contributed by atoms with Gasteiger partial charge in [-0.05, 0) is 66.4 Å². The van der Waals surface area contributed by atoms with Crippen LogP contribution in [0.3, 0.4) is 0 Å². The van der Waals surface area contributed by atoms with Gasteiger partial charge in [-0.2, -0.15) is 0 Å². The van der Waals surface area contributed by atoms with E-state index in [1.165, 1.54) is 6.07 Å². The molecule has 2 N–H and O–H groups in total. The third kappa shape index (κ3) is 7.97. The van der Waals surface area contributed by atoms with E-state index < -0.39 is 27.8 Å². The van der Waals surface area contributed by atoms with Gasteiger partial charge in [-0.25, -0.2) is 9.59 Å². The van der Waals surface area contributed by atoms with Gasteiger partial charge in [0.05, 0.1) is 16.1 Å². The summed E-state index contributed by atoms with van der Waals surface area (Å²) in [5, 5.41) is 11.2. The Kier molecular flexibility index (Phi) is 10.0. The number of nitrogens with one attached hydrogen (secondary N) is 1. The average Bonchev–Trinajstić information content (AvgIpc) is 2.83. The number of nitrogens with zero attached hydrogens (tertiary/aromatic N) is 3. The number of carbonyl (C=O) groups excluding carboxylic acids is 2. The molecule has 3 rings (SSSR count). The predicted octanol–water partition coefficient (Wildman–Crippen LogP) is 5.18. The Bertz CT molecular complexity index is 1000. The van der Waals surface area contributed by atoms with E-state index in [1.54, 1.807) is 15.9 Å². The van der Waals surface area contributed by atoms with Crippen molar-refractivity contribution >= 4 is 46.7 Å². The van der Waals surface area contributed by atoms with Crippen LogP contribution in [0.2, 0.25) is 10.0 Å². The molecule has 1 aromatic carbocycles. The Labute approximate surface area is 239 Å². The van der Waals surface area contributed by atoms with Crippen LogP contribution in [0.15, 0.2) is 12.1 Å². The zero-order chi connectivity index (χ0) is 28.4. The topological polar surface area (TPSA) is 108 Å². The molecule has 3 amide bonds. The number of aromatic hydroxyl groups is 1. The smallest absolute Gasteiger partial charge is 0.410 e. The van der Waals surface area contributed by atoms with E-state index in [9.17, 15) is 19.2 Å². The van der Waals surface area contributed by atoms with E-state index >= 15 is 0 Å². The van der Waals surface area contributed by atoms with Crippen LogP contribution in [0.1, 0.15) is 66.0 Å². The zero-order valence-corrected chi connectivity index (χ0v) is 25.4. The summed E-state index contributed by atoms with van der Waals surface area (Å²) < 4.78 is 21.2. The van der Waals surface area contributed by atoms with Gasteiger partial charge in [-0.15, -0.1) is 4.72 Å². The van der Waals surface area contributed by atoms with Crippen molar-refractivity contribution in [2.75, 3.05) is 39.3 Å². The number of piperidine rings is 1. The van der Waals surface area contributed by atoms with Crippen LogP contribution in [0, 0.1) is 5.92 Å².